The van der Waals surface area contributed by atoms with Crippen LogP contribution in [0.1, 0.15) is 21.5 Å². The fraction of sp³-hybridized carbons (Fsp3) is 0.158. The molecule has 3 aromatic rings. The van der Waals surface area contributed by atoms with Gasteiger partial charge in [-0.3, -0.25) is 4.79 Å². The molecule has 0 aliphatic carbocycles. The smallest absolute Gasteiger partial charge is 0.416 e. The number of hydrogen-bond donors (Lipinski definition) is 0. The fourth-order valence-electron chi connectivity index (χ4n) is 2.68. The second kappa shape index (κ2) is 6.67. The van der Waals surface area contributed by atoms with E-state index in [2.05, 4.69) is 0 Å². The molecule has 0 radical (unpaired) electrons. The summed E-state index contributed by atoms with van der Waals surface area (Å²) in [7, 11) is 1.34. The quantitative estimate of drug-likeness (QED) is 0.661. The van der Waals surface area contributed by atoms with Crippen LogP contribution in [-0.4, -0.2) is 17.9 Å². The summed E-state index contributed by atoms with van der Waals surface area (Å²) in [6.45, 7) is -0.291. The normalized spacial score (nSPS) is 11.5. The molecule has 3 rings (SSSR count). The molecule has 0 saturated heterocycles. The van der Waals surface area contributed by atoms with Crippen LogP contribution < -0.4 is 5.63 Å². The standard InChI is InChI=1S/C19H14F3NO3/c1-23(11-13-7-2-4-8-15(13)19(20,21)22)17(24)14-10-12-6-3-5-9-16(12)26-18(14)25/h2-10H,11H2,1H3. The Balaban J connectivity index is 1.92. The predicted octanol–water partition coefficient (Wildman–Crippen LogP) is 4.08. The molecule has 0 unspecified atom stereocenters. The molecule has 2 aromatic carbocycles. The van der Waals surface area contributed by atoms with Crippen LogP contribution >= 0.6 is 0 Å². The van der Waals surface area contributed by atoms with E-state index in [1.165, 1.54) is 31.3 Å². The molecule has 0 aliphatic heterocycles. The van der Waals surface area contributed by atoms with Gasteiger partial charge in [-0.25, -0.2) is 4.79 Å². The van der Waals surface area contributed by atoms with E-state index < -0.39 is 23.3 Å². The lowest BCUT2D eigenvalue weighted by Gasteiger charge is -2.20. The molecule has 1 amide bonds. The number of amides is 1. The highest BCUT2D eigenvalue weighted by atomic mass is 19.4. The van der Waals surface area contributed by atoms with Gasteiger partial charge in [-0.2, -0.15) is 13.2 Å². The highest BCUT2D eigenvalue weighted by Gasteiger charge is 2.33. The largest absolute Gasteiger partial charge is 0.422 e. The number of halogens is 3. The van der Waals surface area contributed by atoms with Crippen LogP contribution in [0, 0.1) is 0 Å². The first-order chi connectivity index (χ1) is 12.3. The van der Waals surface area contributed by atoms with E-state index in [1.807, 2.05) is 0 Å². The molecule has 0 bridgehead atoms. The second-order valence-corrected chi connectivity index (χ2v) is 5.80. The minimum absolute atomic E-state index is 0.0546. The van der Waals surface area contributed by atoms with Gasteiger partial charge in [-0.05, 0) is 23.8 Å². The van der Waals surface area contributed by atoms with Crippen molar-refractivity contribution in [1.82, 2.24) is 4.90 Å². The summed E-state index contributed by atoms with van der Waals surface area (Å²) in [6.07, 6.45) is -4.53. The zero-order valence-electron chi connectivity index (χ0n) is 13.7. The van der Waals surface area contributed by atoms with E-state index in [0.717, 1.165) is 11.0 Å². The van der Waals surface area contributed by atoms with Crippen molar-refractivity contribution in [2.75, 3.05) is 7.05 Å². The van der Waals surface area contributed by atoms with Gasteiger partial charge < -0.3 is 9.32 Å². The molecule has 134 valence electrons. The molecule has 26 heavy (non-hydrogen) atoms. The SMILES string of the molecule is CN(Cc1ccccc1C(F)(F)F)C(=O)c1cc2ccccc2oc1=O. The summed E-state index contributed by atoms with van der Waals surface area (Å²) in [6, 6.07) is 13.1. The van der Waals surface area contributed by atoms with Crippen molar-refractivity contribution in [3.8, 4) is 0 Å². The lowest BCUT2D eigenvalue weighted by molar-refractivity contribution is -0.138. The van der Waals surface area contributed by atoms with Crippen LogP contribution in [0.4, 0.5) is 13.2 Å². The van der Waals surface area contributed by atoms with E-state index >= 15 is 0 Å². The summed E-state index contributed by atoms with van der Waals surface area (Å²) in [5.41, 5.74) is -1.59. The number of carbonyl (C=O) groups is 1. The Labute approximate surface area is 146 Å². The van der Waals surface area contributed by atoms with Crippen molar-refractivity contribution < 1.29 is 22.4 Å². The maximum absolute atomic E-state index is 13.1. The van der Waals surface area contributed by atoms with Gasteiger partial charge in [-0.1, -0.05) is 36.4 Å². The van der Waals surface area contributed by atoms with Gasteiger partial charge in [0, 0.05) is 19.0 Å². The maximum atomic E-state index is 13.1. The van der Waals surface area contributed by atoms with Crippen LogP contribution in [0.2, 0.25) is 0 Å². The van der Waals surface area contributed by atoms with Gasteiger partial charge in [-0.15, -0.1) is 0 Å². The summed E-state index contributed by atoms with van der Waals surface area (Å²) in [4.78, 5) is 25.7. The zero-order chi connectivity index (χ0) is 18.9. The van der Waals surface area contributed by atoms with Gasteiger partial charge >= 0.3 is 11.8 Å². The van der Waals surface area contributed by atoms with E-state index in [4.69, 9.17) is 4.42 Å². The Morgan fingerprint density at radius 3 is 2.46 bits per heavy atom. The number of carbonyl (C=O) groups excluding carboxylic acids is 1. The Kier molecular flexibility index (Phi) is 4.54. The molecule has 1 aromatic heterocycles. The highest BCUT2D eigenvalue weighted by Crippen LogP contribution is 2.32. The minimum Gasteiger partial charge on any atom is -0.422 e. The average Bonchev–Trinajstić information content (AvgIpc) is 2.60. The first-order valence-electron chi connectivity index (χ1n) is 7.71. The molecule has 0 saturated carbocycles. The van der Waals surface area contributed by atoms with Crippen LogP contribution in [0.15, 0.2) is 63.8 Å². The number of alkyl halides is 3. The minimum atomic E-state index is -4.53. The van der Waals surface area contributed by atoms with Crippen molar-refractivity contribution >= 4 is 16.9 Å². The van der Waals surface area contributed by atoms with Crippen molar-refractivity contribution in [2.45, 2.75) is 12.7 Å². The van der Waals surface area contributed by atoms with Crippen molar-refractivity contribution in [1.29, 1.82) is 0 Å². The number of para-hydroxylation sites is 1. The molecule has 0 aliphatic rings. The Morgan fingerprint density at radius 2 is 1.73 bits per heavy atom. The third-order valence-electron chi connectivity index (χ3n) is 3.95. The van der Waals surface area contributed by atoms with Gasteiger partial charge in [0.05, 0.1) is 5.56 Å². The summed E-state index contributed by atoms with van der Waals surface area (Å²) < 4.78 is 44.4. The van der Waals surface area contributed by atoms with Crippen molar-refractivity contribution in [3.63, 3.8) is 0 Å². The highest BCUT2D eigenvalue weighted by molar-refractivity contribution is 5.96. The summed E-state index contributed by atoms with van der Waals surface area (Å²) in [5.74, 6) is -0.707. The average molecular weight is 361 g/mol. The first-order valence-corrected chi connectivity index (χ1v) is 7.71. The molecular formula is C19H14F3NO3. The van der Waals surface area contributed by atoms with Crippen molar-refractivity contribution in [2.24, 2.45) is 0 Å². The number of nitrogens with zero attached hydrogens (tertiary/aromatic N) is 1. The molecular weight excluding hydrogens is 347 g/mol. The Morgan fingerprint density at radius 1 is 1.08 bits per heavy atom. The van der Waals surface area contributed by atoms with Crippen LogP contribution in [-0.2, 0) is 12.7 Å². The predicted molar refractivity (Wildman–Crippen MR) is 89.7 cm³/mol. The number of benzene rings is 2. The molecule has 0 fully saturated rings. The zero-order valence-corrected chi connectivity index (χ0v) is 13.7. The lowest BCUT2D eigenvalue weighted by atomic mass is 10.1. The summed E-state index contributed by atoms with van der Waals surface area (Å²) >= 11 is 0. The first kappa shape index (κ1) is 17.7. The van der Waals surface area contributed by atoms with Crippen LogP contribution in [0.5, 0.6) is 0 Å². The van der Waals surface area contributed by atoms with Gasteiger partial charge in [0.25, 0.3) is 5.91 Å². The molecule has 7 heteroatoms. The van der Waals surface area contributed by atoms with Gasteiger partial charge in [0.15, 0.2) is 0 Å². The number of rotatable bonds is 3. The third kappa shape index (κ3) is 3.46. The monoisotopic (exact) mass is 361 g/mol. The Bertz CT molecular complexity index is 1020. The molecule has 0 atom stereocenters. The van der Waals surface area contributed by atoms with Gasteiger partial charge in [0.2, 0.25) is 0 Å². The van der Waals surface area contributed by atoms with Gasteiger partial charge in [0.1, 0.15) is 11.1 Å². The fourth-order valence-corrected chi connectivity index (χ4v) is 2.68. The molecule has 0 spiro atoms. The third-order valence-corrected chi connectivity index (χ3v) is 3.95. The number of hydrogen-bond acceptors (Lipinski definition) is 3. The van der Waals surface area contributed by atoms with E-state index in [0.29, 0.717) is 11.0 Å². The summed E-state index contributed by atoms with van der Waals surface area (Å²) in [5, 5.41) is 0.555. The van der Waals surface area contributed by atoms with Crippen LogP contribution in [0.3, 0.4) is 0 Å². The lowest BCUT2D eigenvalue weighted by Crippen LogP contribution is -2.31. The van der Waals surface area contributed by atoms with Crippen LogP contribution in [0.25, 0.3) is 11.0 Å². The molecule has 4 nitrogen and oxygen atoms in total. The molecule has 1 heterocycles. The van der Waals surface area contributed by atoms with E-state index in [-0.39, 0.29) is 17.7 Å². The van der Waals surface area contributed by atoms with Crippen molar-refractivity contribution in [3.05, 3.63) is 81.7 Å². The van der Waals surface area contributed by atoms with E-state index in [1.54, 1.807) is 24.3 Å². The number of fused-ring (bicyclic) bond motifs is 1. The topological polar surface area (TPSA) is 50.5 Å². The molecule has 0 N–H and O–H groups in total. The Hall–Kier alpha value is -3.09. The van der Waals surface area contributed by atoms with E-state index in [9.17, 15) is 22.8 Å². The maximum Gasteiger partial charge on any atom is 0.416 e. The second-order valence-electron chi connectivity index (χ2n) is 5.80.